The molecular weight excluding hydrogens is 328 g/mol. The van der Waals surface area contributed by atoms with Crippen LogP contribution in [-0.2, 0) is 10.3 Å². The van der Waals surface area contributed by atoms with Crippen molar-refractivity contribution < 1.29 is 14.6 Å². The molecule has 134 valence electrons. The molecule has 1 aliphatic rings. The highest BCUT2D eigenvalue weighted by Gasteiger charge is 2.40. The van der Waals surface area contributed by atoms with Crippen molar-refractivity contribution in [2.24, 2.45) is 11.7 Å². The first-order chi connectivity index (χ1) is 11.5. The van der Waals surface area contributed by atoms with Crippen LogP contribution in [-0.4, -0.2) is 42.8 Å². The number of nitrogens with zero attached hydrogens (tertiary/aromatic N) is 1. The summed E-state index contributed by atoms with van der Waals surface area (Å²) in [4.78, 5) is 13.2. The molecule has 6 heteroatoms. The number of halogens is 1. The van der Waals surface area contributed by atoms with E-state index >= 15 is 0 Å². The molecule has 1 heterocycles. The summed E-state index contributed by atoms with van der Waals surface area (Å²) in [6.07, 6.45) is 4.02. The Balaban J connectivity index is 2.22. The molecule has 0 saturated carbocycles. The number of unbranched alkanes of at least 4 members (excludes halogenated alkanes) is 1. The molecule has 2 amide bonds. The van der Waals surface area contributed by atoms with Crippen LogP contribution >= 0.6 is 11.6 Å². The summed E-state index contributed by atoms with van der Waals surface area (Å²) in [6.45, 7) is 1.80. The normalized spacial score (nSPS) is 20.6. The molecule has 5 nitrogen and oxygen atoms in total. The number of rotatable bonds is 7. The molecule has 0 aromatic heterocycles. The predicted octanol–water partition coefficient (Wildman–Crippen LogP) is 3.14. The summed E-state index contributed by atoms with van der Waals surface area (Å²) in [6, 6.07) is 6.96. The Morgan fingerprint density at radius 3 is 2.96 bits per heavy atom. The van der Waals surface area contributed by atoms with Gasteiger partial charge in [0.2, 0.25) is 0 Å². The molecule has 1 aromatic rings. The molecule has 24 heavy (non-hydrogen) atoms. The van der Waals surface area contributed by atoms with Crippen molar-refractivity contribution in [3.63, 3.8) is 0 Å². The van der Waals surface area contributed by atoms with Gasteiger partial charge in [0.05, 0.1) is 5.60 Å². The zero-order valence-electron chi connectivity index (χ0n) is 14.2. The van der Waals surface area contributed by atoms with Gasteiger partial charge >= 0.3 is 6.03 Å². The van der Waals surface area contributed by atoms with Crippen molar-refractivity contribution in [2.75, 3.05) is 26.8 Å². The lowest BCUT2D eigenvalue weighted by atomic mass is 9.74. The Bertz CT molecular complexity index is 555. The summed E-state index contributed by atoms with van der Waals surface area (Å²) in [7, 11) is 1.68. The highest BCUT2D eigenvalue weighted by molar-refractivity contribution is 6.30. The first-order valence-corrected chi connectivity index (χ1v) is 8.87. The minimum absolute atomic E-state index is 0.0558. The third-order valence-corrected chi connectivity index (χ3v) is 5.12. The van der Waals surface area contributed by atoms with Crippen molar-refractivity contribution >= 4 is 17.6 Å². The van der Waals surface area contributed by atoms with Crippen LogP contribution in [0, 0.1) is 5.92 Å². The summed E-state index contributed by atoms with van der Waals surface area (Å²) < 4.78 is 5.10. The Morgan fingerprint density at radius 1 is 1.50 bits per heavy atom. The van der Waals surface area contributed by atoms with Crippen LogP contribution in [0.2, 0.25) is 5.02 Å². The molecule has 0 radical (unpaired) electrons. The third kappa shape index (κ3) is 4.62. The fourth-order valence-corrected chi connectivity index (χ4v) is 3.74. The minimum Gasteiger partial charge on any atom is -0.385 e. The molecule has 0 spiro atoms. The van der Waals surface area contributed by atoms with Gasteiger partial charge in [-0.05, 0) is 49.8 Å². The SMILES string of the molecule is COCCCC[C@@](O)(c1cccc(Cl)c1)C1CCCN(C(N)=O)C1. The number of methoxy groups -OCH3 is 1. The van der Waals surface area contributed by atoms with Crippen LogP contribution < -0.4 is 5.73 Å². The van der Waals surface area contributed by atoms with Gasteiger partial charge in [-0.2, -0.15) is 0 Å². The maximum absolute atomic E-state index is 11.6. The fraction of sp³-hybridized carbons (Fsp3) is 0.611. The number of piperidine rings is 1. The maximum atomic E-state index is 11.6. The van der Waals surface area contributed by atoms with E-state index in [0.717, 1.165) is 31.2 Å². The number of urea groups is 1. The van der Waals surface area contributed by atoms with Crippen molar-refractivity contribution in [1.82, 2.24) is 4.90 Å². The topological polar surface area (TPSA) is 75.8 Å². The van der Waals surface area contributed by atoms with E-state index in [4.69, 9.17) is 22.1 Å². The first kappa shape index (κ1) is 19.0. The summed E-state index contributed by atoms with van der Waals surface area (Å²) in [5.74, 6) is -0.0558. The first-order valence-electron chi connectivity index (χ1n) is 8.49. The Morgan fingerprint density at radius 2 is 2.29 bits per heavy atom. The predicted molar refractivity (Wildman–Crippen MR) is 95.0 cm³/mol. The molecule has 0 aliphatic carbocycles. The highest BCUT2D eigenvalue weighted by atomic mass is 35.5. The number of hydrogen-bond donors (Lipinski definition) is 2. The van der Waals surface area contributed by atoms with Crippen LogP contribution in [0.15, 0.2) is 24.3 Å². The number of carbonyl (C=O) groups excluding carboxylic acids is 1. The number of benzene rings is 1. The van der Waals surface area contributed by atoms with Crippen molar-refractivity contribution in [3.8, 4) is 0 Å². The van der Waals surface area contributed by atoms with E-state index in [1.807, 2.05) is 18.2 Å². The van der Waals surface area contributed by atoms with Crippen molar-refractivity contribution in [3.05, 3.63) is 34.9 Å². The van der Waals surface area contributed by atoms with E-state index in [9.17, 15) is 9.90 Å². The number of nitrogens with two attached hydrogens (primary N) is 1. The molecule has 1 aromatic carbocycles. The molecule has 1 aliphatic heterocycles. The summed E-state index contributed by atoms with van der Waals surface area (Å²) in [5.41, 5.74) is 5.23. The number of likely N-dealkylation sites (tertiary alicyclic amines) is 1. The molecule has 3 N–H and O–H groups in total. The van der Waals surface area contributed by atoms with Gasteiger partial charge in [-0.1, -0.05) is 23.7 Å². The number of hydrogen-bond acceptors (Lipinski definition) is 3. The largest absolute Gasteiger partial charge is 0.385 e. The van der Waals surface area contributed by atoms with E-state index in [-0.39, 0.29) is 5.92 Å². The number of ether oxygens (including phenoxy) is 1. The second-order valence-electron chi connectivity index (χ2n) is 6.51. The van der Waals surface area contributed by atoms with Crippen LogP contribution in [0.5, 0.6) is 0 Å². The molecule has 1 fully saturated rings. The third-order valence-electron chi connectivity index (χ3n) is 4.89. The Labute approximate surface area is 148 Å². The highest BCUT2D eigenvalue weighted by Crippen LogP contribution is 2.40. The van der Waals surface area contributed by atoms with Gasteiger partial charge in [0.1, 0.15) is 0 Å². The number of amides is 2. The van der Waals surface area contributed by atoms with Gasteiger partial charge in [0, 0.05) is 37.7 Å². The molecule has 0 bridgehead atoms. The van der Waals surface area contributed by atoms with E-state index in [1.165, 1.54) is 0 Å². The zero-order valence-corrected chi connectivity index (χ0v) is 15.0. The average Bonchev–Trinajstić information content (AvgIpc) is 2.58. The second-order valence-corrected chi connectivity index (χ2v) is 6.94. The minimum atomic E-state index is -1.02. The summed E-state index contributed by atoms with van der Waals surface area (Å²) >= 11 is 6.14. The van der Waals surface area contributed by atoms with Crippen LogP contribution in [0.4, 0.5) is 4.79 Å². The van der Waals surface area contributed by atoms with Crippen LogP contribution in [0.3, 0.4) is 0 Å². The van der Waals surface area contributed by atoms with Gasteiger partial charge in [-0.25, -0.2) is 4.79 Å². The van der Waals surface area contributed by atoms with Gasteiger partial charge < -0.3 is 20.5 Å². The summed E-state index contributed by atoms with van der Waals surface area (Å²) in [5, 5.41) is 12.2. The Hall–Kier alpha value is -1.30. The number of primary amides is 1. The van der Waals surface area contributed by atoms with Gasteiger partial charge in [0.25, 0.3) is 0 Å². The van der Waals surface area contributed by atoms with E-state index in [0.29, 0.717) is 31.1 Å². The van der Waals surface area contributed by atoms with Crippen molar-refractivity contribution in [1.29, 1.82) is 0 Å². The molecule has 1 saturated heterocycles. The monoisotopic (exact) mass is 354 g/mol. The number of carbonyl (C=O) groups is 1. The van der Waals surface area contributed by atoms with Gasteiger partial charge in [-0.3, -0.25) is 0 Å². The number of aliphatic hydroxyl groups is 1. The lowest BCUT2D eigenvalue weighted by molar-refractivity contribution is -0.0559. The van der Waals surface area contributed by atoms with E-state index in [2.05, 4.69) is 0 Å². The standard InChI is InChI=1S/C18H27ClN2O3/c1-24-11-3-2-9-18(23,14-6-4-8-16(19)12-14)15-7-5-10-21(13-15)17(20)22/h4,6,8,12,15,23H,2-3,5,7,9-11,13H2,1H3,(H2,20,22)/t15?,18-/m1/s1. The van der Waals surface area contributed by atoms with Crippen LogP contribution in [0.25, 0.3) is 0 Å². The Kier molecular flexibility index (Phi) is 6.90. The van der Waals surface area contributed by atoms with Crippen molar-refractivity contribution in [2.45, 2.75) is 37.7 Å². The zero-order chi connectivity index (χ0) is 17.6. The van der Waals surface area contributed by atoms with Crippen LogP contribution in [0.1, 0.15) is 37.7 Å². The molecule has 2 rings (SSSR count). The fourth-order valence-electron chi connectivity index (χ4n) is 3.55. The van der Waals surface area contributed by atoms with E-state index < -0.39 is 11.6 Å². The molecular formula is C18H27ClN2O3. The lowest BCUT2D eigenvalue weighted by Crippen LogP contribution is -2.49. The smallest absolute Gasteiger partial charge is 0.314 e. The maximum Gasteiger partial charge on any atom is 0.314 e. The van der Waals surface area contributed by atoms with Gasteiger partial charge in [0.15, 0.2) is 0 Å². The molecule has 1 unspecified atom stereocenters. The van der Waals surface area contributed by atoms with E-state index in [1.54, 1.807) is 18.1 Å². The second kappa shape index (κ2) is 8.70. The quantitative estimate of drug-likeness (QED) is 0.738. The molecule has 2 atom stereocenters. The lowest BCUT2D eigenvalue weighted by Gasteiger charge is -2.42. The van der Waals surface area contributed by atoms with Gasteiger partial charge in [-0.15, -0.1) is 0 Å². The average molecular weight is 355 g/mol.